The Morgan fingerprint density at radius 3 is 2.60 bits per heavy atom. The Bertz CT molecular complexity index is 1640. The fourth-order valence-corrected chi connectivity index (χ4v) is 5.07. The van der Waals surface area contributed by atoms with Crippen molar-refractivity contribution in [1.29, 1.82) is 0 Å². The van der Waals surface area contributed by atoms with E-state index < -0.39 is 11.7 Å². The minimum atomic E-state index is -0.622. The quantitative estimate of drug-likeness (QED) is 0.198. The number of fused-ring (bicyclic) bond motifs is 1. The number of ether oxygens (including phenoxy) is 1. The van der Waals surface area contributed by atoms with Gasteiger partial charge in [-0.1, -0.05) is 28.9 Å². The molecule has 0 radical (unpaired) electrons. The first-order valence-electron chi connectivity index (χ1n) is 12.6. The fourth-order valence-electron chi connectivity index (χ4n) is 4.81. The van der Waals surface area contributed by atoms with Gasteiger partial charge in [0.05, 0.1) is 17.7 Å². The Kier molecular flexibility index (Phi) is 7.21. The predicted molar refractivity (Wildman–Crippen MR) is 152 cm³/mol. The summed E-state index contributed by atoms with van der Waals surface area (Å²) < 4.78 is 25.1. The van der Waals surface area contributed by atoms with Crippen molar-refractivity contribution in [3.05, 3.63) is 106 Å². The highest BCUT2D eigenvalue weighted by Crippen LogP contribution is 2.34. The zero-order valence-electron chi connectivity index (χ0n) is 22.4. The average Bonchev–Trinajstić information content (AvgIpc) is 3.29. The molecule has 4 aromatic rings. The first-order valence-corrected chi connectivity index (χ1v) is 13.0. The molecule has 40 heavy (non-hydrogen) atoms. The smallest absolute Gasteiger partial charge is 0.261 e. The number of ketones is 1. The van der Waals surface area contributed by atoms with Gasteiger partial charge in [0.2, 0.25) is 0 Å². The van der Waals surface area contributed by atoms with E-state index >= 15 is 0 Å². The van der Waals surface area contributed by atoms with Crippen LogP contribution in [-0.2, 0) is 6.42 Å². The van der Waals surface area contributed by atoms with Crippen LogP contribution in [0.1, 0.15) is 51.5 Å². The maximum atomic E-state index is 14.5. The van der Waals surface area contributed by atoms with Crippen LogP contribution in [0, 0.1) is 12.7 Å². The third-order valence-corrected chi connectivity index (χ3v) is 7.02. The monoisotopic (exact) mass is 559 g/mol. The van der Waals surface area contributed by atoms with E-state index in [0.717, 1.165) is 23.2 Å². The minimum Gasteiger partial charge on any atom is -0.497 e. The lowest BCUT2D eigenvalue weighted by molar-refractivity contribution is 0.102. The molecule has 0 aliphatic carbocycles. The molecule has 0 spiro atoms. The van der Waals surface area contributed by atoms with Gasteiger partial charge in [-0.25, -0.2) is 4.39 Å². The van der Waals surface area contributed by atoms with Crippen LogP contribution < -0.4 is 15.4 Å². The number of methoxy groups -OCH3 is 1. The summed E-state index contributed by atoms with van der Waals surface area (Å²) in [6, 6.07) is 16.6. The average molecular weight is 560 g/mol. The number of nitrogens with zero attached hydrogens (tertiary/aromatic N) is 1. The fraction of sp³-hybridized carbons (Fsp3) is 0.194. The van der Waals surface area contributed by atoms with Gasteiger partial charge in [-0.15, -0.1) is 0 Å². The molecule has 1 aliphatic rings. The molecule has 1 aliphatic heterocycles. The maximum Gasteiger partial charge on any atom is 0.261 e. The summed E-state index contributed by atoms with van der Waals surface area (Å²) in [6.45, 7) is 5.72. The lowest BCUT2D eigenvalue weighted by Gasteiger charge is -2.35. The summed E-state index contributed by atoms with van der Waals surface area (Å²) >= 11 is 6.19. The molecule has 204 valence electrons. The van der Waals surface area contributed by atoms with Crippen molar-refractivity contribution in [3.8, 4) is 17.0 Å². The molecule has 9 heteroatoms. The summed E-state index contributed by atoms with van der Waals surface area (Å²) in [6.07, 6.45) is 2.39. The number of aryl methyl sites for hydroxylation is 1. The zero-order chi connectivity index (χ0) is 28.6. The molecule has 0 saturated carbocycles. The highest BCUT2D eigenvalue weighted by molar-refractivity contribution is 6.33. The molecular weight excluding hydrogens is 533 g/mol. The van der Waals surface area contributed by atoms with E-state index in [-0.39, 0.29) is 38.9 Å². The summed E-state index contributed by atoms with van der Waals surface area (Å²) in [4.78, 5) is 26.4. The van der Waals surface area contributed by atoms with Crippen LogP contribution in [-0.4, -0.2) is 29.5 Å². The largest absolute Gasteiger partial charge is 0.497 e. The second-order valence-electron chi connectivity index (χ2n) is 10.2. The molecule has 0 saturated heterocycles. The van der Waals surface area contributed by atoms with Crippen molar-refractivity contribution in [2.75, 3.05) is 12.4 Å². The van der Waals surface area contributed by atoms with Crippen molar-refractivity contribution < 1.29 is 23.2 Å². The molecule has 1 aromatic heterocycles. The molecular formula is C31H27ClFN3O4. The lowest BCUT2D eigenvalue weighted by atomic mass is 9.85. The highest BCUT2D eigenvalue weighted by atomic mass is 35.5. The Hall–Kier alpha value is -4.43. The van der Waals surface area contributed by atoms with Crippen molar-refractivity contribution in [2.24, 2.45) is 0 Å². The Morgan fingerprint density at radius 2 is 1.90 bits per heavy atom. The standard InChI is InChI=1S/C31H27ClFN3O4/c1-17-27(29(36-40-17)28-23(32)6-5-7-24(28)33)30(38)34-20-11-8-18(9-12-20)26(37)15-25-22-14-21(39-4)13-10-19(22)16-31(2,3)35-25/h5-15,35H,16H2,1-4H3,(H,34,38)/b25-15-. The van der Waals surface area contributed by atoms with Gasteiger partial charge in [-0.2, -0.15) is 0 Å². The minimum absolute atomic E-state index is 0.0105. The molecule has 1 amide bonds. The number of hydrogen-bond donors (Lipinski definition) is 2. The van der Waals surface area contributed by atoms with E-state index in [1.807, 2.05) is 18.2 Å². The van der Waals surface area contributed by atoms with Gasteiger partial charge in [-0.3, -0.25) is 9.59 Å². The molecule has 0 unspecified atom stereocenters. The Morgan fingerprint density at radius 1 is 1.15 bits per heavy atom. The molecule has 7 nitrogen and oxygen atoms in total. The topological polar surface area (TPSA) is 93.5 Å². The normalized spacial score (nSPS) is 14.8. The van der Waals surface area contributed by atoms with Crippen LogP contribution in [0.25, 0.3) is 17.0 Å². The number of amides is 1. The molecule has 2 heterocycles. The molecule has 5 rings (SSSR count). The van der Waals surface area contributed by atoms with Gasteiger partial charge in [0.1, 0.15) is 28.6 Å². The summed E-state index contributed by atoms with van der Waals surface area (Å²) in [5.41, 5.74) is 3.48. The summed E-state index contributed by atoms with van der Waals surface area (Å²) in [7, 11) is 1.61. The number of hydrogen-bond acceptors (Lipinski definition) is 6. The molecule has 0 fully saturated rings. The number of halogens is 2. The van der Waals surface area contributed by atoms with Gasteiger partial charge in [-0.05, 0) is 81.3 Å². The Labute approximate surface area is 236 Å². The first kappa shape index (κ1) is 27.1. The van der Waals surface area contributed by atoms with Crippen LogP contribution in [0.3, 0.4) is 0 Å². The second-order valence-corrected chi connectivity index (χ2v) is 10.6. The van der Waals surface area contributed by atoms with Gasteiger partial charge < -0.3 is 19.9 Å². The van der Waals surface area contributed by atoms with Gasteiger partial charge >= 0.3 is 0 Å². The number of anilines is 1. The number of carbonyl (C=O) groups is 2. The molecule has 2 N–H and O–H groups in total. The number of carbonyl (C=O) groups excluding carboxylic acids is 2. The van der Waals surface area contributed by atoms with Gasteiger partial charge in [0, 0.05) is 34.1 Å². The number of nitrogens with one attached hydrogen (secondary N) is 2. The number of rotatable bonds is 6. The number of benzene rings is 3. The third-order valence-electron chi connectivity index (χ3n) is 6.70. The zero-order valence-corrected chi connectivity index (χ0v) is 23.2. The van der Waals surface area contributed by atoms with E-state index in [2.05, 4.69) is 29.6 Å². The van der Waals surface area contributed by atoms with Gasteiger partial charge in [0.15, 0.2) is 5.78 Å². The molecule has 0 atom stereocenters. The van der Waals surface area contributed by atoms with Crippen molar-refractivity contribution in [2.45, 2.75) is 32.7 Å². The summed E-state index contributed by atoms with van der Waals surface area (Å²) in [5.74, 6) is -0.442. The van der Waals surface area contributed by atoms with Crippen LogP contribution in [0.2, 0.25) is 5.02 Å². The number of allylic oxidation sites excluding steroid dienone is 1. The van der Waals surface area contributed by atoms with E-state index in [1.54, 1.807) is 44.4 Å². The first-order chi connectivity index (χ1) is 19.1. The van der Waals surface area contributed by atoms with Crippen molar-refractivity contribution in [1.82, 2.24) is 10.5 Å². The van der Waals surface area contributed by atoms with Crippen LogP contribution in [0.15, 0.2) is 71.3 Å². The van der Waals surface area contributed by atoms with Gasteiger partial charge in [0.25, 0.3) is 5.91 Å². The van der Waals surface area contributed by atoms with E-state index in [4.69, 9.17) is 20.9 Å². The SMILES string of the molecule is COc1ccc2c(c1)/C(=C/C(=O)c1ccc(NC(=O)c3c(-c4c(F)cccc4Cl)noc3C)cc1)NC(C)(C)C2. The molecule has 3 aromatic carbocycles. The predicted octanol–water partition coefficient (Wildman–Crippen LogP) is 6.85. The van der Waals surface area contributed by atoms with Crippen molar-refractivity contribution in [3.63, 3.8) is 0 Å². The van der Waals surface area contributed by atoms with Crippen LogP contribution in [0.4, 0.5) is 10.1 Å². The van der Waals surface area contributed by atoms with Crippen molar-refractivity contribution >= 4 is 34.7 Å². The molecule has 0 bridgehead atoms. The second kappa shape index (κ2) is 10.6. The lowest BCUT2D eigenvalue weighted by Crippen LogP contribution is -2.43. The maximum absolute atomic E-state index is 14.5. The number of aromatic nitrogens is 1. The van der Waals surface area contributed by atoms with Crippen LogP contribution in [0.5, 0.6) is 5.75 Å². The Balaban J connectivity index is 1.38. The summed E-state index contributed by atoms with van der Waals surface area (Å²) in [5, 5.41) is 10.2. The third kappa shape index (κ3) is 5.35. The van der Waals surface area contributed by atoms with Crippen LogP contribution >= 0.6 is 11.6 Å². The van der Waals surface area contributed by atoms with E-state index in [9.17, 15) is 14.0 Å². The highest BCUT2D eigenvalue weighted by Gasteiger charge is 2.29. The van der Waals surface area contributed by atoms with E-state index in [0.29, 0.717) is 17.0 Å². The van der Waals surface area contributed by atoms with E-state index in [1.165, 1.54) is 18.2 Å².